The Labute approximate surface area is 142 Å². The van der Waals surface area contributed by atoms with E-state index in [1.165, 1.54) is 0 Å². The molecule has 7 heteroatoms. The van der Waals surface area contributed by atoms with E-state index in [0.717, 1.165) is 12.8 Å². The molecule has 2 heterocycles. The maximum absolute atomic E-state index is 12.5. The molecule has 0 saturated carbocycles. The molecule has 0 aromatic rings. The Kier molecular flexibility index (Phi) is 7.17. The van der Waals surface area contributed by atoms with Crippen LogP contribution in [0.3, 0.4) is 0 Å². The van der Waals surface area contributed by atoms with Crippen LogP contribution in [0.4, 0.5) is 0 Å². The van der Waals surface area contributed by atoms with Crippen LogP contribution in [0.1, 0.15) is 33.6 Å². The van der Waals surface area contributed by atoms with Gasteiger partial charge in [-0.25, -0.2) is 0 Å². The molecule has 0 aromatic carbocycles. The first-order valence-electron chi connectivity index (χ1n) is 8.37. The molecule has 2 rings (SSSR count). The average Bonchev–Trinajstić information content (AvgIpc) is 3.02. The summed E-state index contributed by atoms with van der Waals surface area (Å²) in [4.78, 5) is 26.7. The first-order chi connectivity index (χ1) is 11.0. The molecule has 0 aliphatic carbocycles. The van der Waals surface area contributed by atoms with Crippen molar-refractivity contribution < 1.29 is 19.1 Å². The Morgan fingerprint density at radius 2 is 2.04 bits per heavy atom. The van der Waals surface area contributed by atoms with Crippen LogP contribution in [0.25, 0.3) is 0 Å². The van der Waals surface area contributed by atoms with E-state index in [1.807, 2.05) is 6.92 Å². The Balaban J connectivity index is 1.87. The summed E-state index contributed by atoms with van der Waals surface area (Å²) in [6.45, 7) is 7.60. The van der Waals surface area contributed by atoms with Crippen LogP contribution >= 0.6 is 11.8 Å². The van der Waals surface area contributed by atoms with Gasteiger partial charge in [-0.3, -0.25) is 9.59 Å². The van der Waals surface area contributed by atoms with Crippen molar-refractivity contribution in [2.75, 3.05) is 31.5 Å². The highest BCUT2D eigenvalue weighted by atomic mass is 32.2. The Morgan fingerprint density at radius 1 is 1.26 bits per heavy atom. The van der Waals surface area contributed by atoms with E-state index in [2.05, 4.69) is 19.2 Å². The summed E-state index contributed by atoms with van der Waals surface area (Å²) >= 11 is 1.60. The minimum atomic E-state index is -0.573. The maximum Gasteiger partial charge on any atom is 0.255 e. The van der Waals surface area contributed by atoms with E-state index in [4.69, 9.17) is 9.47 Å². The second kappa shape index (κ2) is 8.89. The van der Waals surface area contributed by atoms with Crippen LogP contribution < -0.4 is 5.32 Å². The standard InChI is InChI=1S/C16H28N2O4S/c1-11(2)4-5-12(3)17-15(19)13-9-23-10-18(13)16(20)14-8-21-6-7-22-14/h11-14H,4-10H2,1-3H3,(H,17,19)/t12-,13+,14+/m0/s1. The SMILES string of the molecule is CC(C)CC[C@H](C)NC(=O)[C@H]1CSCN1C(=O)[C@H]1COCCO1. The van der Waals surface area contributed by atoms with Crippen molar-refractivity contribution in [3.8, 4) is 0 Å². The molecule has 0 radical (unpaired) electrons. The minimum Gasteiger partial charge on any atom is -0.376 e. The largest absolute Gasteiger partial charge is 0.376 e. The van der Waals surface area contributed by atoms with Gasteiger partial charge >= 0.3 is 0 Å². The molecule has 2 fully saturated rings. The Morgan fingerprint density at radius 3 is 2.70 bits per heavy atom. The van der Waals surface area contributed by atoms with Gasteiger partial charge in [0.2, 0.25) is 5.91 Å². The fourth-order valence-electron chi connectivity index (χ4n) is 2.69. The first-order valence-corrected chi connectivity index (χ1v) is 9.52. The molecule has 2 saturated heterocycles. The number of hydrogen-bond acceptors (Lipinski definition) is 5. The summed E-state index contributed by atoms with van der Waals surface area (Å²) in [6.07, 6.45) is 1.46. The first kappa shape index (κ1) is 18.5. The van der Waals surface area contributed by atoms with E-state index >= 15 is 0 Å². The quantitative estimate of drug-likeness (QED) is 0.785. The third-order valence-corrected chi connectivity index (χ3v) is 5.14. The van der Waals surface area contributed by atoms with Gasteiger partial charge in [-0.1, -0.05) is 13.8 Å². The fourth-order valence-corrected chi connectivity index (χ4v) is 3.85. The highest BCUT2D eigenvalue weighted by Crippen LogP contribution is 2.23. The van der Waals surface area contributed by atoms with Crippen molar-refractivity contribution in [2.45, 2.75) is 51.8 Å². The van der Waals surface area contributed by atoms with Gasteiger partial charge in [0, 0.05) is 11.8 Å². The molecule has 3 atom stereocenters. The van der Waals surface area contributed by atoms with Gasteiger partial charge in [0.1, 0.15) is 6.04 Å². The summed E-state index contributed by atoms with van der Waals surface area (Å²) in [5.74, 6) is 1.61. The third-order valence-electron chi connectivity index (χ3n) is 4.13. The highest BCUT2D eigenvalue weighted by molar-refractivity contribution is 7.99. The molecule has 0 unspecified atom stereocenters. The van der Waals surface area contributed by atoms with Crippen LogP contribution in [-0.2, 0) is 19.1 Å². The van der Waals surface area contributed by atoms with Gasteiger partial charge < -0.3 is 19.7 Å². The monoisotopic (exact) mass is 344 g/mol. The van der Waals surface area contributed by atoms with Gasteiger partial charge in [-0.05, 0) is 25.7 Å². The van der Waals surface area contributed by atoms with E-state index in [0.29, 0.717) is 30.8 Å². The lowest BCUT2D eigenvalue weighted by Crippen LogP contribution is -2.53. The predicted octanol–water partition coefficient (Wildman–Crippen LogP) is 1.24. The van der Waals surface area contributed by atoms with Gasteiger partial charge in [-0.2, -0.15) is 0 Å². The van der Waals surface area contributed by atoms with E-state index in [-0.39, 0.29) is 24.5 Å². The van der Waals surface area contributed by atoms with Gasteiger partial charge in [-0.15, -0.1) is 11.8 Å². The molecule has 2 amide bonds. The summed E-state index contributed by atoms with van der Waals surface area (Å²) in [5, 5.41) is 3.05. The fraction of sp³-hybridized carbons (Fsp3) is 0.875. The van der Waals surface area contributed by atoms with Gasteiger partial charge in [0.05, 0.1) is 25.7 Å². The predicted molar refractivity (Wildman–Crippen MR) is 90.2 cm³/mol. The molecule has 132 valence electrons. The lowest BCUT2D eigenvalue weighted by Gasteiger charge is -2.30. The molecule has 2 aliphatic heterocycles. The number of nitrogens with one attached hydrogen (secondary N) is 1. The van der Waals surface area contributed by atoms with Crippen molar-refractivity contribution in [3.05, 3.63) is 0 Å². The zero-order chi connectivity index (χ0) is 16.8. The van der Waals surface area contributed by atoms with Crippen molar-refractivity contribution in [2.24, 2.45) is 5.92 Å². The molecule has 1 N–H and O–H groups in total. The molecular formula is C16H28N2O4S. The average molecular weight is 344 g/mol. The number of thioether (sulfide) groups is 1. The number of carbonyl (C=O) groups excluding carboxylic acids is 2. The van der Waals surface area contributed by atoms with Crippen LogP contribution in [-0.4, -0.2) is 66.4 Å². The third kappa shape index (κ3) is 5.36. The number of carbonyl (C=O) groups is 2. The summed E-state index contributed by atoms with van der Waals surface area (Å²) < 4.78 is 10.8. The normalized spacial score (nSPS) is 26.3. The highest BCUT2D eigenvalue weighted by Gasteiger charge is 2.39. The lowest BCUT2D eigenvalue weighted by molar-refractivity contribution is -0.160. The Hall–Kier alpha value is -0.790. The van der Waals surface area contributed by atoms with Crippen molar-refractivity contribution in [3.63, 3.8) is 0 Å². The molecule has 23 heavy (non-hydrogen) atoms. The number of ether oxygens (including phenoxy) is 2. The van der Waals surface area contributed by atoms with E-state index in [9.17, 15) is 9.59 Å². The topological polar surface area (TPSA) is 67.9 Å². The zero-order valence-electron chi connectivity index (χ0n) is 14.2. The summed E-state index contributed by atoms with van der Waals surface area (Å²) in [7, 11) is 0. The van der Waals surface area contributed by atoms with Crippen LogP contribution in [0.15, 0.2) is 0 Å². The number of rotatable bonds is 6. The molecule has 0 bridgehead atoms. The summed E-state index contributed by atoms with van der Waals surface area (Å²) in [6, 6.07) is -0.277. The second-order valence-corrected chi connectivity index (χ2v) is 7.64. The number of amides is 2. The molecule has 0 spiro atoms. The van der Waals surface area contributed by atoms with E-state index < -0.39 is 12.1 Å². The molecule has 0 aromatic heterocycles. The molecular weight excluding hydrogens is 316 g/mol. The van der Waals surface area contributed by atoms with Crippen molar-refractivity contribution in [1.29, 1.82) is 0 Å². The van der Waals surface area contributed by atoms with Crippen molar-refractivity contribution in [1.82, 2.24) is 10.2 Å². The molecule has 6 nitrogen and oxygen atoms in total. The maximum atomic E-state index is 12.5. The zero-order valence-corrected chi connectivity index (χ0v) is 15.1. The summed E-state index contributed by atoms with van der Waals surface area (Å²) in [5.41, 5.74) is 0. The van der Waals surface area contributed by atoms with E-state index in [1.54, 1.807) is 16.7 Å². The van der Waals surface area contributed by atoms with Gasteiger partial charge in [0.25, 0.3) is 5.91 Å². The second-order valence-electron chi connectivity index (χ2n) is 6.64. The van der Waals surface area contributed by atoms with Crippen LogP contribution in [0.5, 0.6) is 0 Å². The minimum absolute atomic E-state index is 0.0590. The smallest absolute Gasteiger partial charge is 0.255 e. The van der Waals surface area contributed by atoms with Crippen LogP contribution in [0.2, 0.25) is 0 Å². The van der Waals surface area contributed by atoms with Crippen molar-refractivity contribution >= 4 is 23.6 Å². The van der Waals surface area contributed by atoms with Gasteiger partial charge in [0.15, 0.2) is 6.10 Å². The lowest BCUT2D eigenvalue weighted by atomic mass is 10.0. The van der Waals surface area contributed by atoms with Crippen LogP contribution in [0, 0.1) is 5.92 Å². The number of nitrogens with zero attached hydrogens (tertiary/aromatic N) is 1. The Bertz CT molecular complexity index is 413. The number of hydrogen-bond donors (Lipinski definition) is 1. The molecule has 2 aliphatic rings.